The number of nitro groups is 1. The number of nitrogens with zero attached hydrogens (tertiary/aromatic N) is 1. The van der Waals surface area contributed by atoms with E-state index in [4.69, 9.17) is 11.6 Å². The second-order valence-corrected chi connectivity index (χ2v) is 6.55. The normalized spacial score (nSPS) is 24.2. The third-order valence-electron chi connectivity index (χ3n) is 4.87. The minimum Gasteiger partial charge on any atom is -0.375 e. The number of hydrogen-bond acceptors (Lipinski definition) is 3. The molecular formula is C18H14ClFN2O2. The van der Waals surface area contributed by atoms with Gasteiger partial charge in [0.1, 0.15) is 5.82 Å². The van der Waals surface area contributed by atoms with E-state index in [1.807, 2.05) is 6.07 Å². The van der Waals surface area contributed by atoms with Gasteiger partial charge in [0.05, 0.1) is 16.7 Å². The van der Waals surface area contributed by atoms with Crippen LogP contribution in [-0.4, -0.2) is 4.92 Å². The molecule has 2 aliphatic rings. The standard InChI is InChI=1S/C18H14ClFN2O2/c19-15-8-7-10(22(23)24)9-14(15)17-12-4-1-3-11(12)13-5-2-6-16(20)18(13)21-17/h1-3,5-9,11-12,17,21H,4H2/t11-,12-,17-/m0/s1. The number of nitrogens with one attached hydrogen (secondary N) is 1. The van der Waals surface area contributed by atoms with Crippen LogP contribution in [0.2, 0.25) is 5.02 Å². The second kappa shape index (κ2) is 5.60. The van der Waals surface area contributed by atoms with Crippen LogP contribution in [0.5, 0.6) is 0 Å². The lowest BCUT2D eigenvalue weighted by molar-refractivity contribution is -0.384. The van der Waals surface area contributed by atoms with E-state index in [9.17, 15) is 14.5 Å². The van der Waals surface area contributed by atoms with Crippen LogP contribution < -0.4 is 5.32 Å². The molecule has 2 aromatic carbocycles. The Morgan fingerprint density at radius 3 is 2.88 bits per heavy atom. The number of nitro benzene ring substituents is 1. The summed E-state index contributed by atoms with van der Waals surface area (Å²) in [4.78, 5) is 10.7. The largest absolute Gasteiger partial charge is 0.375 e. The Hall–Kier alpha value is -2.40. The topological polar surface area (TPSA) is 55.2 Å². The summed E-state index contributed by atoms with van der Waals surface area (Å²) in [5.41, 5.74) is 2.00. The van der Waals surface area contributed by atoms with E-state index in [-0.39, 0.29) is 29.4 Å². The average molecular weight is 345 g/mol. The molecule has 2 aromatic rings. The van der Waals surface area contributed by atoms with Crippen LogP contribution in [0.4, 0.5) is 15.8 Å². The molecule has 0 radical (unpaired) electrons. The Morgan fingerprint density at radius 2 is 2.08 bits per heavy atom. The molecule has 0 saturated carbocycles. The van der Waals surface area contributed by atoms with Gasteiger partial charge in [-0.05, 0) is 30.0 Å². The van der Waals surface area contributed by atoms with E-state index >= 15 is 0 Å². The summed E-state index contributed by atoms with van der Waals surface area (Å²) in [6, 6.07) is 9.17. The number of allylic oxidation sites excluding steroid dienone is 2. The summed E-state index contributed by atoms with van der Waals surface area (Å²) in [6.45, 7) is 0. The van der Waals surface area contributed by atoms with Crippen molar-refractivity contribution in [3.05, 3.63) is 80.6 Å². The lowest BCUT2D eigenvalue weighted by atomic mass is 9.77. The van der Waals surface area contributed by atoms with Crippen molar-refractivity contribution in [1.82, 2.24) is 0 Å². The third kappa shape index (κ3) is 2.27. The van der Waals surface area contributed by atoms with E-state index in [0.29, 0.717) is 16.3 Å². The van der Waals surface area contributed by atoms with E-state index in [1.165, 1.54) is 24.3 Å². The minimum atomic E-state index is -0.443. The lowest BCUT2D eigenvalue weighted by Crippen LogP contribution is -2.30. The number of halogens is 2. The average Bonchev–Trinajstić information content (AvgIpc) is 3.05. The lowest BCUT2D eigenvalue weighted by Gasteiger charge is -2.37. The Labute approximate surface area is 143 Å². The summed E-state index contributed by atoms with van der Waals surface area (Å²) in [7, 11) is 0. The van der Waals surface area contributed by atoms with Crippen LogP contribution in [-0.2, 0) is 0 Å². The molecule has 122 valence electrons. The molecular weight excluding hydrogens is 331 g/mol. The molecule has 0 amide bonds. The van der Waals surface area contributed by atoms with Gasteiger partial charge in [-0.1, -0.05) is 35.9 Å². The first kappa shape index (κ1) is 15.1. The van der Waals surface area contributed by atoms with Crippen molar-refractivity contribution in [3.63, 3.8) is 0 Å². The van der Waals surface area contributed by atoms with Crippen LogP contribution in [0.25, 0.3) is 0 Å². The van der Waals surface area contributed by atoms with Crippen LogP contribution in [0.1, 0.15) is 29.5 Å². The van der Waals surface area contributed by atoms with Gasteiger partial charge in [-0.15, -0.1) is 0 Å². The number of anilines is 1. The molecule has 0 bridgehead atoms. The van der Waals surface area contributed by atoms with Gasteiger partial charge in [-0.25, -0.2) is 4.39 Å². The van der Waals surface area contributed by atoms with Crippen molar-refractivity contribution in [2.45, 2.75) is 18.4 Å². The van der Waals surface area contributed by atoms with Crippen molar-refractivity contribution in [3.8, 4) is 0 Å². The number of fused-ring (bicyclic) bond motifs is 3. The summed E-state index contributed by atoms with van der Waals surface area (Å²) >= 11 is 6.31. The highest BCUT2D eigenvalue weighted by Gasteiger charge is 2.39. The number of para-hydroxylation sites is 1. The summed E-state index contributed by atoms with van der Waals surface area (Å²) in [6.07, 6.45) is 4.98. The van der Waals surface area contributed by atoms with Crippen LogP contribution >= 0.6 is 11.6 Å². The smallest absolute Gasteiger partial charge is 0.269 e. The molecule has 3 atom stereocenters. The Kier molecular flexibility index (Phi) is 3.53. The summed E-state index contributed by atoms with van der Waals surface area (Å²) in [5, 5.41) is 14.8. The van der Waals surface area contributed by atoms with Crippen molar-refractivity contribution in [2.75, 3.05) is 5.32 Å². The van der Waals surface area contributed by atoms with Crippen molar-refractivity contribution < 1.29 is 9.31 Å². The van der Waals surface area contributed by atoms with Gasteiger partial charge in [0.15, 0.2) is 0 Å². The Balaban J connectivity index is 1.84. The maximum atomic E-state index is 14.3. The molecule has 4 nitrogen and oxygen atoms in total. The van der Waals surface area contributed by atoms with Gasteiger partial charge in [0.2, 0.25) is 0 Å². The fraction of sp³-hybridized carbons (Fsp3) is 0.222. The van der Waals surface area contributed by atoms with E-state index in [1.54, 1.807) is 6.07 Å². The van der Waals surface area contributed by atoms with Gasteiger partial charge in [-0.3, -0.25) is 10.1 Å². The molecule has 0 fully saturated rings. The first-order valence-electron chi connectivity index (χ1n) is 7.71. The second-order valence-electron chi connectivity index (χ2n) is 6.14. The third-order valence-corrected chi connectivity index (χ3v) is 5.22. The number of rotatable bonds is 2. The van der Waals surface area contributed by atoms with Crippen molar-refractivity contribution in [2.24, 2.45) is 5.92 Å². The molecule has 0 saturated heterocycles. The monoisotopic (exact) mass is 344 g/mol. The fourth-order valence-corrected chi connectivity index (χ4v) is 4.01. The first-order valence-corrected chi connectivity index (χ1v) is 8.09. The van der Waals surface area contributed by atoms with Gasteiger partial charge in [0, 0.05) is 28.6 Å². The molecule has 1 aliphatic carbocycles. The van der Waals surface area contributed by atoms with E-state index in [2.05, 4.69) is 17.5 Å². The quantitative estimate of drug-likeness (QED) is 0.462. The summed E-state index contributed by atoms with van der Waals surface area (Å²) in [5.74, 6) is -0.0890. The highest BCUT2D eigenvalue weighted by atomic mass is 35.5. The highest BCUT2D eigenvalue weighted by molar-refractivity contribution is 6.31. The Morgan fingerprint density at radius 1 is 1.25 bits per heavy atom. The van der Waals surface area contributed by atoms with Crippen LogP contribution in [0.15, 0.2) is 48.6 Å². The molecule has 1 heterocycles. The first-order chi connectivity index (χ1) is 11.6. The molecule has 0 spiro atoms. The maximum Gasteiger partial charge on any atom is 0.269 e. The zero-order valence-electron chi connectivity index (χ0n) is 12.6. The zero-order valence-corrected chi connectivity index (χ0v) is 13.3. The maximum absolute atomic E-state index is 14.3. The van der Waals surface area contributed by atoms with E-state index < -0.39 is 4.92 Å². The van der Waals surface area contributed by atoms with Gasteiger partial charge >= 0.3 is 0 Å². The number of benzene rings is 2. The molecule has 1 aliphatic heterocycles. The summed E-state index contributed by atoms with van der Waals surface area (Å²) < 4.78 is 14.3. The molecule has 0 aromatic heterocycles. The van der Waals surface area contributed by atoms with Crippen LogP contribution in [0, 0.1) is 21.8 Å². The molecule has 6 heteroatoms. The van der Waals surface area contributed by atoms with Gasteiger partial charge in [0.25, 0.3) is 5.69 Å². The molecule has 1 N–H and O–H groups in total. The van der Waals surface area contributed by atoms with Gasteiger partial charge in [-0.2, -0.15) is 0 Å². The molecule has 24 heavy (non-hydrogen) atoms. The highest BCUT2D eigenvalue weighted by Crippen LogP contribution is 2.51. The van der Waals surface area contributed by atoms with Crippen LogP contribution in [0.3, 0.4) is 0 Å². The Bertz CT molecular complexity index is 868. The molecule has 0 unspecified atom stereocenters. The van der Waals surface area contributed by atoms with Crippen molar-refractivity contribution in [1.29, 1.82) is 0 Å². The minimum absolute atomic E-state index is 0.0157. The van der Waals surface area contributed by atoms with Crippen molar-refractivity contribution >= 4 is 23.0 Å². The SMILES string of the molecule is O=[N+]([O-])c1ccc(Cl)c([C@H]2Nc3c(F)cccc3[C@H]3C=CC[C@@H]32)c1. The predicted octanol–water partition coefficient (Wildman–Crippen LogP) is 5.21. The number of hydrogen-bond donors (Lipinski definition) is 1. The number of non-ortho nitro benzene ring substituents is 1. The fourth-order valence-electron chi connectivity index (χ4n) is 3.77. The van der Waals surface area contributed by atoms with E-state index in [0.717, 1.165) is 12.0 Å². The van der Waals surface area contributed by atoms with Gasteiger partial charge < -0.3 is 5.32 Å². The zero-order chi connectivity index (χ0) is 16.8. The predicted molar refractivity (Wildman–Crippen MR) is 90.9 cm³/mol. The molecule has 4 rings (SSSR count).